The zero-order chi connectivity index (χ0) is 20.6. The van der Waals surface area contributed by atoms with Crippen LogP contribution in [0.2, 0.25) is 0 Å². The quantitative estimate of drug-likeness (QED) is 0.246. The van der Waals surface area contributed by atoms with Crippen LogP contribution in [-0.4, -0.2) is 119 Å². The summed E-state index contributed by atoms with van der Waals surface area (Å²) in [5.74, 6) is -1.91. The normalized spacial score (nSPS) is 18.0. The van der Waals surface area contributed by atoms with E-state index in [1.165, 1.54) is 21.1 Å². The monoisotopic (exact) mass is 390 g/mol. The standard InChI is InChI=1S/C15H30N6O6/c1-18(25)12(22)8-15(9-13(23)19(2)26)11-17-5-4-16-6-7-21(15)10-14(24)20(3)27/h16-17,25-27H,4-11H2,1-3H3. The van der Waals surface area contributed by atoms with Crippen LogP contribution in [0.3, 0.4) is 0 Å². The first-order valence-electron chi connectivity index (χ1n) is 8.62. The lowest BCUT2D eigenvalue weighted by Gasteiger charge is -2.43. The van der Waals surface area contributed by atoms with Gasteiger partial charge in [0.25, 0.3) is 5.91 Å². The van der Waals surface area contributed by atoms with Gasteiger partial charge in [-0.25, -0.2) is 15.2 Å². The number of carbonyl (C=O) groups is 3. The third kappa shape index (κ3) is 7.01. The van der Waals surface area contributed by atoms with Gasteiger partial charge in [0.05, 0.1) is 12.1 Å². The van der Waals surface area contributed by atoms with Crippen molar-refractivity contribution in [2.24, 2.45) is 0 Å². The van der Waals surface area contributed by atoms with Gasteiger partial charge in [0, 0.05) is 66.7 Å². The summed E-state index contributed by atoms with van der Waals surface area (Å²) in [4.78, 5) is 38.3. The molecule has 0 atom stereocenters. The largest absolute Gasteiger partial charge is 0.314 e. The Morgan fingerprint density at radius 3 is 1.81 bits per heavy atom. The van der Waals surface area contributed by atoms with E-state index in [0.717, 1.165) is 0 Å². The topological polar surface area (TPSA) is 149 Å². The van der Waals surface area contributed by atoms with Crippen LogP contribution >= 0.6 is 0 Å². The molecule has 0 spiro atoms. The summed E-state index contributed by atoms with van der Waals surface area (Å²) in [6.45, 7) is 1.93. The summed E-state index contributed by atoms with van der Waals surface area (Å²) in [5, 5.41) is 36.1. The summed E-state index contributed by atoms with van der Waals surface area (Å²) < 4.78 is 0. The van der Waals surface area contributed by atoms with Crippen molar-refractivity contribution in [1.82, 2.24) is 30.7 Å². The Labute approximate surface area is 158 Å². The zero-order valence-electron chi connectivity index (χ0n) is 16.0. The Morgan fingerprint density at radius 1 is 0.852 bits per heavy atom. The first kappa shape index (κ1) is 23.2. The number of amides is 3. The zero-order valence-corrected chi connectivity index (χ0v) is 16.0. The average molecular weight is 390 g/mol. The SMILES string of the molecule is CN(O)C(=O)CN1CCNCCNCC1(CC(=O)N(C)O)CC(=O)N(C)O. The smallest absolute Gasteiger partial charge is 0.259 e. The highest BCUT2D eigenvalue weighted by molar-refractivity contribution is 5.81. The number of hydrogen-bond acceptors (Lipinski definition) is 9. The van der Waals surface area contributed by atoms with Crippen molar-refractivity contribution in [2.75, 3.05) is 60.4 Å². The molecule has 1 rings (SSSR count). The van der Waals surface area contributed by atoms with Crippen LogP contribution in [-0.2, 0) is 14.4 Å². The molecule has 5 N–H and O–H groups in total. The molecule has 1 aliphatic heterocycles. The maximum absolute atomic E-state index is 12.3. The van der Waals surface area contributed by atoms with Gasteiger partial charge in [-0.2, -0.15) is 0 Å². The molecule has 1 heterocycles. The van der Waals surface area contributed by atoms with Gasteiger partial charge in [0.1, 0.15) is 0 Å². The average Bonchev–Trinajstić information content (AvgIpc) is 2.66. The highest BCUT2D eigenvalue weighted by atomic mass is 16.5. The Bertz CT molecular complexity index is 505. The van der Waals surface area contributed by atoms with Crippen LogP contribution in [0.25, 0.3) is 0 Å². The number of hydrogen-bond donors (Lipinski definition) is 5. The molecule has 12 nitrogen and oxygen atoms in total. The van der Waals surface area contributed by atoms with Gasteiger partial charge in [-0.15, -0.1) is 0 Å². The van der Waals surface area contributed by atoms with Crippen LogP contribution < -0.4 is 10.6 Å². The van der Waals surface area contributed by atoms with E-state index in [-0.39, 0.29) is 25.9 Å². The number of hydroxylamine groups is 6. The molecule has 0 aromatic heterocycles. The molecule has 0 aromatic rings. The van der Waals surface area contributed by atoms with Gasteiger partial charge >= 0.3 is 0 Å². The van der Waals surface area contributed by atoms with Crippen molar-refractivity contribution in [3.8, 4) is 0 Å². The molecule has 0 aliphatic carbocycles. The molecule has 0 unspecified atom stereocenters. The Hall–Kier alpha value is -1.83. The van der Waals surface area contributed by atoms with E-state index < -0.39 is 23.3 Å². The van der Waals surface area contributed by atoms with Crippen molar-refractivity contribution in [2.45, 2.75) is 18.4 Å². The van der Waals surface area contributed by atoms with E-state index in [1.54, 1.807) is 4.90 Å². The predicted octanol–water partition coefficient (Wildman–Crippen LogP) is -2.46. The number of carbonyl (C=O) groups excluding carboxylic acids is 3. The summed E-state index contributed by atoms with van der Waals surface area (Å²) in [6, 6.07) is 0. The maximum atomic E-state index is 12.3. The number of rotatable bonds is 6. The van der Waals surface area contributed by atoms with Crippen molar-refractivity contribution >= 4 is 17.7 Å². The lowest BCUT2D eigenvalue weighted by molar-refractivity contribution is -0.171. The first-order chi connectivity index (χ1) is 12.6. The van der Waals surface area contributed by atoms with Crippen LogP contribution in [0.5, 0.6) is 0 Å². The van der Waals surface area contributed by atoms with Gasteiger partial charge in [0.2, 0.25) is 11.8 Å². The van der Waals surface area contributed by atoms with E-state index >= 15 is 0 Å². The van der Waals surface area contributed by atoms with Gasteiger partial charge in [0.15, 0.2) is 0 Å². The number of nitrogens with zero attached hydrogens (tertiary/aromatic N) is 4. The molecular formula is C15H30N6O6. The van der Waals surface area contributed by atoms with Crippen LogP contribution in [0.1, 0.15) is 12.8 Å². The van der Waals surface area contributed by atoms with Crippen LogP contribution in [0, 0.1) is 0 Å². The Kier molecular flexibility index (Phi) is 9.02. The second-order valence-corrected chi connectivity index (χ2v) is 6.68. The fourth-order valence-corrected chi connectivity index (χ4v) is 2.90. The van der Waals surface area contributed by atoms with E-state index in [0.29, 0.717) is 41.4 Å². The highest BCUT2D eigenvalue weighted by Crippen LogP contribution is 2.26. The summed E-state index contributed by atoms with van der Waals surface area (Å²) in [7, 11) is 3.55. The summed E-state index contributed by atoms with van der Waals surface area (Å²) >= 11 is 0. The first-order valence-corrected chi connectivity index (χ1v) is 8.62. The molecule has 156 valence electrons. The molecule has 1 saturated heterocycles. The van der Waals surface area contributed by atoms with E-state index in [2.05, 4.69) is 10.6 Å². The fourth-order valence-electron chi connectivity index (χ4n) is 2.90. The summed E-state index contributed by atoms with van der Waals surface area (Å²) in [5.41, 5.74) is -1.19. The molecule has 0 saturated carbocycles. The molecule has 27 heavy (non-hydrogen) atoms. The fraction of sp³-hybridized carbons (Fsp3) is 0.800. The predicted molar refractivity (Wildman–Crippen MR) is 92.9 cm³/mol. The van der Waals surface area contributed by atoms with Gasteiger partial charge in [-0.05, 0) is 0 Å². The molecule has 0 aromatic carbocycles. The third-order valence-electron chi connectivity index (χ3n) is 4.53. The molecule has 1 aliphatic rings. The van der Waals surface area contributed by atoms with Gasteiger partial charge < -0.3 is 10.6 Å². The lowest BCUT2D eigenvalue weighted by Crippen LogP contribution is -2.61. The second kappa shape index (κ2) is 10.5. The second-order valence-electron chi connectivity index (χ2n) is 6.68. The Morgan fingerprint density at radius 2 is 1.33 bits per heavy atom. The van der Waals surface area contributed by atoms with Crippen molar-refractivity contribution in [3.05, 3.63) is 0 Å². The molecule has 12 heteroatoms. The highest BCUT2D eigenvalue weighted by Gasteiger charge is 2.43. The van der Waals surface area contributed by atoms with E-state index in [1.807, 2.05) is 0 Å². The van der Waals surface area contributed by atoms with Gasteiger partial charge in [-0.3, -0.25) is 34.9 Å². The minimum Gasteiger partial charge on any atom is -0.314 e. The van der Waals surface area contributed by atoms with Crippen molar-refractivity contribution < 1.29 is 30.0 Å². The molecule has 1 fully saturated rings. The molecule has 0 bridgehead atoms. The minimum absolute atomic E-state index is 0.163. The van der Waals surface area contributed by atoms with Gasteiger partial charge in [-0.1, -0.05) is 0 Å². The van der Waals surface area contributed by atoms with Crippen molar-refractivity contribution in [3.63, 3.8) is 0 Å². The summed E-state index contributed by atoms with van der Waals surface area (Å²) in [6.07, 6.45) is -0.538. The van der Waals surface area contributed by atoms with E-state index in [9.17, 15) is 30.0 Å². The molecular weight excluding hydrogens is 360 g/mol. The van der Waals surface area contributed by atoms with Crippen LogP contribution in [0.15, 0.2) is 0 Å². The van der Waals surface area contributed by atoms with Crippen LogP contribution in [0.4, 0.5) is 0 Å². The maximum Gasteiger partial charge on any atom is 0.259 e. The Balaban J connectivity index is 3.30. The van der Waals surface area contributed by atoms with Crippen molar-refractivity contribution in [1.29, 1.82) is 0 Å². The number of nitrogens with one attached hydrogen (secondary N) is 2. The third-order valence-corrected chi connectivity index (χ3v) is 4.53. The molecule has 3 amide bonds. The minimum atomic E-state index is -1.19. The lowest BCUT2D eigenvalue weighted by atomic mass is 9.87. The molecule has 0 radical (unpaired) electrons. The van der Waals surface area contributed by atoms with E-state index in [4.69, 9.17) is 0 Å². The number of likely N-dealkylation sites (N-methyl/N-ethyl adjacent to an activating group) is 1.